The van der Waals surface area contributed by atoms with Gasteiger partial charge in [-0.05, 0) is 37.1 Å². The van der Waals surface area contributed by atoms with Crippen LogP contribution in [0.15, 0.2) is 18.2 Å². The van der Waals surface area contributed by atoms with Gasteiger partial charge in [0, 0.05) is 19.0 Å². The molecule has 0 unspecified atom stereocenters. The highest BCUT2D eigenvalue weighted by Crippen LogP contribution is 2.27. The summed E-state index contributed by atoms with van der Waals surface area (Å²) in [6, 6.07) is 5.52. The molecule has 1 aromatic rings. The second-order valence-electron chi connectivity index (χ2n) is 4.62. The van der Waals surface area contributed by atoms with Gasteiger partial charge in [0.05, 0.1) is 18.3 Å². The van der Waals surface area contributed by atoms with Gasteiger partial charge in [0.25, 0.3) is 0 Å². The van der Waals surface area contributed by atoms with Crippen molar-refractivity contribution in [1.82, 2.24) is 5.32 Å². The minimum absolute atomic E-state index is 0.0550. The van der Waals surface area contributed by atoms with E-state index in [9.17, 15) is 9.90 Å². The smallest absolute Gasteiger partial charge is 0.338 e. The number of ether oxygens (including phenoxy) is 1. The fourth-order valence-electron chi connectivity index (χ4n) is 2.36. The molecule has 1 aliphatic heterocycles. The van der Waals surface area contributed by atoms with Gasteiger partial charge in [0.2, 0.25) is 0 Å². The molecule has 1 saturated heterocycles. The molecule has 1 fully saturated rings. The van der Waals surface area contributed by atoms with Crippen LogP contribution in [0, 0.1) is 6.92 Å². The zero-order valence-electron chi connectivity index (χ0n) is 10.8. The van der Waals surface area contributed by atoms with Crippen LogP contribution >= 0.6 is 0 Å². The number of benzene rings is 1. The lowest BCUT2D eigenvalue weighted by molar-refractivity contribution is 0.0526. The summed E-state index contributed by atoms with van der Waals surface area (Å²) in [5.74, 6) is -0.251. The van der Waals surface area contributed by atoms with Gasteiger partial charge in [-0.2, -0.15) is 0 Å². The van der Waals surface area contributed by atoms with Crippen LogP contribution in [-0.4, -0.2) is 36.9 Å². The molecule has 4 nitrogen and oxygen atoms in total. The summed E-state index contributed by atoms with van der Waals surface area (Å²) in [7, 11) is 0. The monoisotopic (exact) mass is 249 g/mol. The number of aliphatic hydroxyl groups excluding tert-OH is 1. The topological polar surface area (TPSA) is 58.6 Å². The Morgan fingerprint density at radius 2 is 2.28 bits per heavy atom. The lowest BCUT2D eigenvalue weighted by Gasteiger charge is -2.17. The van der Waals surface area contributed by atoms with E-state index in [1.54, 1.807) is 13.0 Å². The number of esters is 1. The maximum absolute atomic E-state index is 11.7. The molecular weight excluding hydrogens is 230 g/mol. The molecule has 0 spiro atoms. The van der Waals surface area contributed by atoms with Gasteiger partial charge in [-0.25, -0.2) is 4.79 Å². The predicted octanol–water partition coefficient (Wildman–Crippen LogP) is 1.22. The molecule has 0 amide bonds. The SMILES string of the molecule is CCOC(=O)c1ccc(C)c([C@@H]2CNC[C@H]2O)c1. The van der Waals surface area contributed by atoms with Gasteiger partial charge < -0.3 is 15.2 Å². The Hall–Kier alpha value is -1.39. The Balaban J connectivity index is 2.29. The number of hydrogen-bond donors (Lipinski definition) is 2. The Labute approximate surface area is 107 Å². The number of carbonyl (C=O) groups excluding carboxylic acids is 1. The first-order chi connectivity index (χ1) is 8.63. The third kappa shape index (κ3) is 2.54. The van der Waals surface area contributed by atoms with Crippen molar-refractivity contribution in [2.24, 2.45) is 0 Å². The van der Waals surface area contributed by atoms with Crippen LogP contribution in [0.5, 0.6) is 0 Å². The van der Waals surface area contributed by atoms with Crippen molar-refractivity contribution in [2.45, 2.75) is 25.9 Å². The molecule has 1 aliphatic rings. The fourth-order valence-corrected chi connectivity index (χ4v) is 2.36. The molecular formula is C14H19NO3. The molecule has 98 valence electrons. The van der Waals surface area contributed by atoms with E-state index >= 15 is 0 Å². The lowest BCUT2D eigenvalue weighted by atomic mass is 9.91. The molecule has 1 heterocycles. The molecule has 2 N–H and O–H groups in total. The normalized spacial score (nSPS) is 23.1. The molecule has 0 bridgehead atoms. The first-order valence-electron chi connectivity index (χ1n) is 6.30. The predicted molar refractivity (Wildman–Crippen MR) is 68.8 cm³/mol. The second-order valence-corrected chi connectivity index (χ2v) is 4.62. The second kappa shape index (κ2) is 5.50. The van der Waals surface area contributed by atoms with E-state index in [0.29, 0.717) is 18.7 Å². The van der Waals surface area contributed by atoms with Crippen LogP contribution in [-0.2, 0) is 4.74 Å². The third-order valence-electron chi connectivity index (χ3n) is 3.37. The van der Waals surface area contributed by atoms with Gasteiger partial charge in [0.15, 0.2) is 0 Å². The third-order valence-corrected chi connectivity index (χ3v) is 3.37. The number of aliphatic hydroxyl groups is 1. The minimum Gasteiger partial charge on any atom is -0.462 e. The summed E-state index contributed by atoms with van der Waals surface area (Å²) >= 11 is 0. The standard InChI is InChI=1S/C14H19NO3/c1-3-18-14(17)10-5-4-9(2)11(6-10)12-7-15-8-13(12)16/h4-6,12-13,15-16H,3,7-8H2,1-2H3/t12-,13+/m0/s1. The zero-order chi connectivity index (χ0) is 13.1. The molecule has 0 aromatic heterocycles. The van der Waals surface area contributed by atoms with Crippen LogP contribution in [0.1, 0.15) is 34.3 Å². The van der Waals surface area contributed by atoms with Crippen molar-refractivity contribution in [3.8, 4) is 0 Å². The van der Waals surface area contributed by atoms with Crippen LogP contribution < -0.4 is 5.32 Å². The molecule has 4 heteroatoms. The summed E-state index contributed by atoms with van der Waals surface area (Å²) < 4.78 is 5.00. The van der Waals surface area contributed by atoms with Gasteiger partial charge in [-0.15, -0.1) is 0 Å². The highest BCUT2D eigenvalue weighted by Gasteiger charge is 2.28. The average Bonchev–Trinajstić information content (AvgIpc) is 2.76. The van der Waals surface area contributed by atoms with Crippen LogP contribution in [0.4, 0.5) is 0 Å². The molecule has 18 heavy (non-hydrogen) atoms. The summed E-state index contributed by atoms with van der Waals surface area (Å²) in [5, 5.41) is 13.1. The molecule has 2 rings (SSSR count). The summed E-state index contributed by atoms with van der Waals surface area (Å²) in [5.41, 5.74) is 2.67. The summed E-state index contributed by atoms with van der Waals surface area (Å²) in [6.45, 7) is 5.50. The minimum atomic E-state index is -0.388. The number of nitrogens with one attached hydrogen (secondary N) is 1. The highest BCUT2D eigenvalue weighted by molar-refractivity contribution is 5.89. The Morgan fingerprint density at radius 3 is 2.89 bits per heavy atom. The number of aryl methyl sites for hydroxylation is 1. The van der Waals surface area contributed by atoms with Gasteiger partial charge >= 0.3 is 5.97 Å². The number of carbonyl (C=O) groups is 1. The van der Waals surface area contributed by atoms with Crippen LogP contribution in [0.3, 0.4) is 0 Å². The van der Waals surface area contributed by atoms with Crippen molar-refractivity contribution in [2.75, 3.05) is 19.7 Å². The largest absolute Gasteiger partial charge is 0.462 e. The van der Waals surface area contributed by atoms with Crippen molar-refractivity contribution in [3.63, 3.8) is 0 Å². The quantitative estimate of drug-likeness (QED) is 0.791. The highest BCUT2D eigenvalue weighted by atomic mass is 16.5. The van der Waals surface area contributed by atoms with Crippen LogP contribution in [0.2, 0.25) is 0 Å². The molecule has 2 atom stereocenters. The van der Waals surface area contributed by atoms with E-state index in [4.69, 9.17) is 4.74 Å². The first-order valence-corrected chi connectivity index (χ1v) is 6.30. The Kier molecular flexibility index (Phi) is 3.99. The Morgan fingerprint density at radius 1 is 1.50 bits per heavy atom. The number of rotatable bonds is 3. The van der Waals surface area contributed by atoms with E-state index in [1.165, 1.54) is 0 Å². The van der Waals surface area contributed by atoms with Crippen LogP contribution in [0.25, 0.3) is 0 Å². The maximum atomic E-state index is 11.7. The molecule has 0 saturated carbocycles. The van der Waals surface area contributed by atoms with E-state index in [0.717, 1.165) is 17.7 Å². The van der Waals surface area contributed by atoms with Crippen molar-refractivity contribution in [3.05, 3.63) is 34.9 Å². The van der Waals surface area contributed by atoms with Crippen molar-refractivity contribution in [1.29, 1.82) is 0 Å². The van der Waals surface area contributed by atoms with Gasteiger partial charge in [0.1, 0.15) is 0 Å². The molecule has 1 aromatic carbocycles. The summed E-state index contributed by atoms with van der Waals surface area (Å²) in [4.78, 5) is 11.7. The van der Waals surface area contributed by atoms with E-state index in [2.05, 4.69) is 5.32 Å². The summed E-state index contributed by atoms with van der Waals surface area (Å²) in [6.07, 6.45) is -0.388. The van der Waals surface area contributed by atoms with Crippen molar-refractivity contribution >= 4 is 5.97 Å². The molecule has 0 radical (unpaired) electrons. The van der Waals surface area contributed by atoms with Gasteiger partial charge in [-0.3, -0.25) is 0 Å². The Bertz CT molecular complexity index is 445. The first kappa shape index (κ1) is 13.1. The molecule has 0 aliphatic carbocycles. The zero-order valence-corrected chi connectivity index (χ0v) is 10.8. The lowest BCUT2D eigenvalue weighted by Crippen LogP contribution is -2.17. The average molecular weight is 249 g/mol. The van der Waals surface area contributed by atoms with E-state index in [1.807, 2.05) is 19.1 Å². The fraction of sp³-hybridized carbons (Fsp3) is 0.500. The number of β-amino-alcohol motifs (C(OH)–C–C–N with tert-alkyl or cyclic N) is 1. The van der Waals surface area contributed by atoms with Gasteiger partial charge in [-0.1, -0.05) is 6.07 Å². The maximum Gasteiger partial charge on any atom is 0.338 e. The number of hydrogen-bond acceptors (Lipinski definition) is 4. The van der Waals surface area contributed by atoms with E-state index in [-0.39, 0.29) is 18.0 Å². The van der Waals surface area contributed by atoms with Crippen molar-refractivity contribution < 1.29 is 14.6 Å². The van der Waals surface area contributed by atoms with E-state index < -0.39 is 0 Å².